The number of hydrogen-bond acceptors (Lipinski definition) is 5. The van der Waals surface area contributed by atoms with Crippen molar-refractivity contribution in [2.45, 2.75) is 65.6 Å². The molecule has 0 radical (unpaired) electrons. The molecule has 1 aliphatic carbocycles. The average molecular weight is 564 g/mol. The lowest BCUT2D eigenvalue weighted by atomic mass is 9.83. The number of amides is 1. The lowest BCUT2D eigenvalue weighted by Crippen LogP contribution is -2.31. The molecule has 1 aliphatic rings. The number of benzene rings is 1. The van der Waals surface area contributed by atoms with Crippen molar-refractivity contribution in [1.82, 2.24) is 15.1 Å². The summed E-state index contributed by atoms with van der Waals surface area (Å²) in [6, 6.07) is 4.90. The summed E-state index contributed by atoms with van der Waals surface area (Å²) in [5.41, 5.74) is 1.72. The number of methoxy groups -OCH3 is 1. The minimum atomic E-state index is -4.27. The normalized spacial score (nSPS) is 18.4. The fraction of sp³-hybridized carbons (Fsp3) is 0.600. The van der Waals surface area contributed by atoms with Gasteiger partial charge in [0.25, 0.3) is 5.91 Å². The number of ether oxygens (including phenoxy) is 1. The highest BCUT2D eigenvalue weighted by Gasteiger charge is 2.36. The second kappa shape index (κ2) is 13.9. The van der Waals surface area contributed by atoms with Gasteiger partial charge in [0.05, 0.1) is 23.7 Å². The Hall–Kier alpha value is -2.40. The summed E-state index contributed by atoms with van der Waals surface area (Å²) in [4.78, 5) is 12.9. The minimum absolute atomic E-state index is 0.138. The van der Waals surface area contributed by atoms with E-state index in [2.05, 4.69) is 17.3 Å². The van der Waals surface area contributed by atoms with Gasteiger partial charge in [0.2, 0.25) is 0 Å². The van der Waals surface area contributed by atoms with Gasteiger partial charge < -0.3 is 10.1 Å². The van der Waals surface area contributed by atoms with E-state index >= 15 is 0 Å². The summed E-state index contributed by atoms with van der Waals surface area (Å²) >= 11 is 5.89. The van der Waals surface area contributed by atoms with Gasteiger partial charge in [-0.1, -0.05) is 44.4 Å². The lowest BCUT2D eigenvalue weighted by Gasteiger charge is -2.26. The van der Waals surface area contributed by atoms with Crippen molar-refractivity contribution in [3.8, 4) is 17.0 Å². The molecule has 7 nitrogen and oxygen atoms in total. The smallest absolute Gasteiger partial charge is 0.391 e. The van der Waals surface area contributed by atoms with Crippen LogP contribution < -0.4 is 10.1 Å². The molecule has 1 N–H and O–H groups in total. The number of aryl methyl sites for hydroxylation is 1. The summed E-state index contributed by atoms with van der Waals surface area (Å²) in [7, 11) is 1.45. The van der Waals surface area contributed by atoms with E-state index in [1.54, 1.807) is 22.9 Å². The van der Waals surface area contributed by atoms with Crippen LogP contribution >= 0.6 is 11.6 Å². The van der Waals surface area contributed by atoms with Crippen molar-refractivity contribution in [3.63, 3.8) is 0 Å². The molecule has 1 saturated carbocycles. The van der Waals surface area contributed by atoms with Gasteiger partial charge in [-0.25, -0.2) is 0 Å². The highest BCUT2D eigenvalue weighted by Crippen LogP contribution is 2.38. The third-order valence-corrected chi connectivity index (χ3v) is 7.08. The monoisotopic (exact) mass is 563 g/mol. The zero-order valence-electron chi connectivity index (χ0n) is 21.4. The Morgan fingerprint density at radius 1 is 1.27 bits per heavy atom. The molecule has 0 saturated heterocycles. The van der Waals surface area contributed by atoms with Gasteiger partial charge in [-0.15, -0.1) is 0 Å². The Bertz CT molecular complexity index is 1100. The second-order valence-electron chi connectivity index (χ2n) is 9.41. The molecule has 0 spiro atoms. The van der Waals surface area contributed by atoms with E-state index in [4.69, 9.17) is 24.8 Å². The van der Waals surface area contributed by atoms with E-state index in [9.17, 15) is 18.0 Å². The van der Waals surface area contributed by atoms with Crippen molar-refractivity contribution < 1.29 is 31.1 Å². The van der Waals surface area contributed by atoms with Crippen LogP contribution in [-0.4, -0.2) is 43.9 Å². The number of nitrogens with zero attached hydrogens (tertiary/aromatic N) is 2. The predicted octanol–water partition coefficient (Wildman–Crippen LogP) is 5.86. The summed E-state index contributed by atoms with van der Waals surface area (Å²) in [6.07, 6.45) is 0.115. The average Bonchev–Trinajstić information content (AvgIpc) is 3.19. The molecule has 206 valence electrons. The molecule has 12 heteroatoms. The third-order valence-electron chi connectivity index (χ3n) is 6.72. The van der Waals surface area contributed by atoms with Gasteiger partial charge >= 0.3 is 17.7 Å². The van der Waals surface area contributed by atoms with Crippen LogP contribution in [0, 0.1) is 17.8 Å². The molecule has 0 aliphatic heterocycles. The standard InChI is InChI=1S/C25H33ClF3N3O2.O2S/c1-5-32-23(19-11-10-18(13-20(19)34-4)12-16(3)25(27,28)29)21(26)22(31-32)24(33)30-14-17-8-6-15(2)7-9-17;1-3-2/h10-11,13,15-17H,5-9,12,14H2,1-4H3,(H,30,33);/t15?,16-,17?;/m1./s1. The number of halogens is 4. The number of aromatic nitrogens is 2. The van der Waals surface area contributed by atoms with Crippen molar-refractivity contribution in [2.75, 3.05) is 13.7 Å². The first-order valence-electron chi connectivity index (χ1n) is 12.2. The van der Waals surface area contributed by atoms with Gasteiger partial charge in [0.15, 0.2) is 5.69 Å². The molecule has 1 amide bonds. The highest BCUT2D eigenvalue weighted by atomic mass is 35.5. The van der Waals surface area contributed by atoms with E-state index < -0.39 is 23.7 Å². The molecule has 0 bridgehead atoms. The van der Waals surface area contributed by atoms with Gasteiger partial charge in [0.1, 0.15) is 5.75 Å². The van der Waals surface area contributed by atoms with E-state index in [0.29, 0.717) is 41.6 Å². The molecule has 2 aromatic rings. The second-order valence-corrected chi connectivity index (χ2v) is 9.93. The van der Waals surface area contributed by atoms with Crippen LogP contribution in [0.25, 0.3) is 11.3 Å². The Labute approximate surface area is 223 Å². The Balaban J connectivity index is 0.00000153. The molecule has 1 aromatic carbocycles. The SMILES string of the molecule is CCn1nc(C(=O)NCC2CCC(C)CC2)c(Cl)c1-c1ccc(C[C@@H](C)C(F)(F)F)cc1OC.O=S=O. The summed E-state index contributed by atoms with van der Waals surface area (Å²) in [5.74, 6) is -0.227. The zero-order valence-corrected chi connectivity index (χ0v) is 22.9. The molecule has 1 aromatic heterocycles. The summed E-state index contributed by atoms with van der Waals surface area (Å²) < 4.78 is 62.7. The largest absolute Gasteiger partial charge is 0.496 e. The first kappa shape index (κ1) is 30.8. The molecule has 0 unspecified atom stereocenters. The number of alkyl halides is 3. The number of carbonyl (C=O) groups excluding carboxylic acids is 1. The third kappa shape index (κ3) is 8.29. The molecular weight excluding hydrogens is 531 g/mol. The van der Waals surface area contributed by atoms with Crippen LogP contribution in [0.3, 0.4) is 0 Å². The Morgan fingerprint density at radius 2 is 1.89 bits per heavy atom. The van der Waals surface area contributed by atoms with Crippen LogP contribution in [0.4, 0.5) is 13.2 Å². The van der Waals surface area contributed by atoms with E-state index in [-0.39, 0.29) is 23.0 Å². The lowest BCUT2D eigenvalue weighted by molar-refractivity contribution is -0.169. The van der Waals surface area contributed by atoms with Crippen molar-refractivity contribution >= 4 is 29.1 Å². The highest BCUT2D eigenvalue weighted by molar-refractivity contribution is 7.51. The first-order chi connectivity index (χ1) is 17.5. The minimum Gasteiger partial charge on any atom is -0.496 e. The van der Waals surface area contributed by atoms with Crippen LogP contribution in [0.2, 0.25) is 5.02 Å². The van der Waals surface area contributed by atoms with Crippen LogP contribution in [0.15, 0.2) is 18.2 Å². The topological polar surface area (TPSA) is 90.3 Å². The molecule has 37 heavy (non-hydrogen) atoms. The molecular formula is C25H33ClF3N3O4S. The van der Waals surface area contributed by atoms with E-state index in [1.165, 1.54) is 20.0 Å². The molecule has 1 atom stereocenters. The Kier molecular flexibility index (Phi) is 11.6. The number of rotatable bonds is 8. The van der Waals surface area contributed by atoms with E-state index in [0.717, 1.165) is 25.7 Å². The van der Waals surface area contributed by atoms with Crippen LogP contribution in [-0.2, 0) is 24.5 Å². The van der Waals surface area contributed by atoms with Crippen molar-refractivity contribution in [2.24, 2.45) is 17.8 Å². The van der Waals surface area contributed by atoms with Crippen LogP contribution in [0.1, 0.15) is 62.5 Å². The van der Waals surface area contributed by atoms with Crippen molar-refractivity contribution in [1.29, 1.82) is 0 Å². The fourth-order valence-corrected chi connectivity index (χ4v) is 4.78. The number of carbonyl (C=O) groups is 1. The van der Waals surface area contributed by atoms with E-state index in [1.807, 2.05) is 6.92 Å². The maximum absolute atomic E-state index is 13.0. The fourth-order valence-electron chi connectivity index (χ4n) is 4.45. The summed E-state index contributed by atoms with van der Waals surface area (Å²) in [6.45, 7) is 6.33. The quantitative estimate of drug-likeness (QED) is 0.434. The van der Waals surface area contributed by atoms with Gasteiger partial charge in [0, 0.05) is 18.7 Å². The molecule has 1 heterocycles. The van der Waals surface area contributed by atoms with Crippen LogP contribution in [0.5, 0.6) is 5.75 Å². The number of nitrogens with one attached hydrogen (secondary N) is 1. The first-order valence-corrected chi connectivity index (χ1v) is 13.2. The number of hydrogen-bond donors (Lipinski definition) is 1. The molecule has 1 fully saturated rings. The molecule has 3 rings (SSSR count). The summed E-state index contributed by atoms with van der Waals surface area (Å²) in [5, 5.41) is 7.60. The van der Waals surface area contributed by atoms with Gasteiger partial charge in [-0.05, 0) is 55.7 Å². The Morgan fingerprint density at radius 3 is 2.43 bits per heavy atom. The maximum Gasteiger partial charge on any atom is 0.391 e. The maximum atomic E-state index is 13.0. The zero-order chi connectivity index (χ0) is 27.8. The predicted molar refractivity (Wildman–Crippen MR) is 136 cm³/mol. The van der Waals surface area contributed by atoms with Crippen molar-refractivity contribution in [3.05, 3.63) is 34.5 Å². The van der Waals surface area contributed by atoms with Gasteiger partial charge in [-0.3, -0.25) is 9.48 Å². The van der Waals surface area contributed by atoms with Gasteiger partial charge in [-0.2, -0.15) is 26.7 Å².